The summed E-state index contributed by atoms with van der Waals surface area (Å²) in [6.45, 7) is 0. The Morgan fingerprint density at radius 2 is 1.00 bits per heavy atom. The second kappa shape index (κ2) is 20.4. The van der Waals surface area contributed by atoms with Crippen molar-refractivity contribution < 1.29 is 54.9 Å². The molecule has 4 heavy (non-hydrogen) atoms. The van der Waals surface area contributed by atoms with Crippen LogP contribution in [0.25, 0.3) is 0 Å². The molecule has 0 aliphatic heterocycles. The molecule has 0 aliphatic carbocycles. The molecule has 0 unspecified atom stereocenters. The van der Waals surface area contributed by atoms with Gasteiger partial charge in [-0.2, -0.15) is 0 Å². The third-order valence-corrected chi connectivity index (χ3v) is 0. The van der Waals surface area contributed by atoms with E-state index in [4.69, 9.17) is 0 Å². The van der Waals surface area contributed by atoms with E-state index in [1.54, 1.807) is 0 Å². The topological polar surface area (TPSA) is 0 Å². The molecule has 0 amide bonds. The maximum atomic E-state index is 0. The predicted octanol–water partition coefficient (Wildman–Crippen LogP) is -1.46. The van der Waals surface area contributed by atoms with Crippen molar-refractivity contribution in [1.29, 1.82) is 0 Å². The SMILES string of the molecule is [Cr].[Mo].[Ni].[SiH4]. The van der Waals surface area contributed by atoms with E-state index in [-0.39, 0.29) is 65.9 Å². The van der Waals surface area contributed by atoms with Gasteiger partial charge in [-0.1, -0.05) is 0 Å². The Balaban J connectivity index is 0. The summed E-state index contributed by atoms with van der Waals surface area (Å²) >= 11 is 0. The summed E-state index contributed by atoms with van der Waals surface area (Å²) in [5, 5.41) is 0. The fourth-order valence-electron chi connectivity index (χ4n) is 0. The van der Waals surface area contributed by atoms with E-state index < -0.39 is 0 Å². The molecule has 0 atom stereocenters. The number of hydrogen-bond acceptors (Lipinski definition) is 0. The molecule has 0 aromatic rings. The predicted molar refractivity (Wildman–Crippen MR) is 11.3 cm³/mol. The van der Waals surface area contributed by atoms with Gasteiger partial charge in [-0.25, -0.2) is 0 Å². The van der Waals surface area contributed by atoms with E-state index in [9.17, 15) is 0 Å². The first-order valence-corrected chi connectivity index (χ1v) is 0. The Morgan fingerprint density at radius 1 is 1.00 bits per heavy atom. The van der Waals surface area contributed by atoms with Crippen molar-refractivity contribution in [2.75, 3.05) is 0 Å². The fraction of sp³-hybridized carbons (Fsp3) is 0. The molecule has 0 spiro atoms. The van der Waals surface area contributed by atoms with Crippen molar-refractivity contribution in [1.82, 2.24) is 0 Å². The van der Waals surface area contributed by atoms with Gasteiger partial charge < -0.3 is 0 Å². The van der Waals surface area contributed by atoms with Crippen LogP contribution < -0.4 is 0 Å². The number of hydrogen-bond donors (Lipinski definition) is 0. The zero-order valence-corrected chi connectivity index (χ0v) is 5.40. The van der Waals surface area contributed by atoms with Gasteiger partial charge >= 0.3 is 0 Å². The van der Waals surface area contributed by atoms with E-state index in [2.05, 4.69) is 0 Å². The van der Waals surface area contributed by atoms with Crippen LogP contribution in [-0.4, -0.2) is 11.0 Å². The first-order chi connectivity index (χ1) is 0. The van der Waals surface area contributed by atoms with Gasteiger partial charge in [0.15, 0.2) is 0 Å². The van der Waals surface area contributed by atoms with E-state index in [0.29, 0.717) is 0 Å². The van der Waals surface area contributed by atoms with E-state index in [0.717, 1.165) is 0 Å². The summed E-state index contributed by atoms with van der Waals surface area (Å²) in [5.41, 5.74) is 0. The van der Waals surface area contributed by atoms with Crippen LogP contribution in [0.2, 0.25) is 0 Å². The second-order valence-electron chi connectivity index (χ2n) is 0. The van der Waals surface area contributed by atoms with Crippen LogP contribution in [0.1, 0.15) is 0 Å². The molecule has 0 bridgehead atoms. The van der Waals surface area contributed by atoms with Gasteiger partial charge in [-0.15, -0.1) is 0 Å². The Bertz CT molecular complexity index is 8.00. The Labute approximate surface area is 65.5 Å². The summed E-state index contributed by atoms with van der Waals surface area (Å²) in [6.07, 6.45) is 0. The van der Waals surface area contributed by atoms with Gasteiger partial charge in [0.05, 0.1) is 0 Å². The molecular weight excluding hydrogens is 235 g/mol. The van der Waals surface area contributed by atoms with Crippen LogP contribution in [0.3, 0.4) is 0 Å². The molecule has 0 aromatic heterocycles. The first kappa shape index (κ1) is 38.7. The van der Waals surface area contributed by atoms with E-state index >= 15 is 0 Å². The molecular formula is H4CrMoNiSi. The average molecular weight is 239 g/mol. The molecule has 0 N–H and O–H groups in total. The molecule has 0 saturated carbocycles. The maximum absolute atomic E-state index is 0. The Kier molecular flexibility index (Phi) is 198. The molecule has 0 saturated heterocycles. The summed E-state index contributed by atoms with van der Waals surface area (Å²) in [4.78, 5) is 0. The van der Waals surface area contributed by atoms with E-state index in [1.165, 1.54) is 0 Å². The molecule has 0 nitrogen and oxygen atoms in total. The largest absolute Gasteiger partial charge is 0.0149 e. The van der Waals surface area contributed by atoms with Crippen LogP contribution >= 0.6 is 0 Å². The molecule has 0 fully saturated rings. The van der Waals surface area contributed by atoms with Gasteiger partial charge in [-0.05, 0) is 11.0 Å². The molecule has 0 aromatic carbocycles. The van der Waals surface area contributed by atoms with E-state index in [1.807, 2.05) is 0 Å². The summed E-state index contributed by atoms with van der Waals surface area (Å²) in [5.74, 6) is 0. The molecule has 4 heteroatoms. The number of rotatable bonds is 0. The van der Waals surface area contributed by atoms with Crippen molar-refractivity contribution in [2.24, 2.45) is 0 Å². The van der Waals surface area contributed by atoms with Crippen molar-refractivity contribution in [3.63, 3.8) is 0 Å². The first-order valence-electron chi connectivity index (χ1n) is 0. The Morgan fingerprint density at radius 3 is 1.00 bits per heavy atom. The van der Waals surface area contributed by atoms with Crippen LogP contribution in [-0.2, 0) is 54.9 Å². The minimum Gasteiger partial charge on any atom is -0.0149 e. The van der Waals surface area contributed by atoms with Crippen LogP contribution in [0.15, 0.2) is 0 Å². The smallest absolute Gasteiger partial charge is 0 e. The third kappa shape index (κ3) is 9.06. The average Bonchev–Trinajstić information content (AvgIpc) is 0. The molecule has 0 aliphatic rings. The summed E-state index contributed by atoms with van der Waals surface area (Å²) in [6, 6.07) is 0. The van der Waals surface area contributed by atoms with Gasteiger partial charge in [0.25, 0.3) is 0 Å². The molecule has 0 heterocycles. The van der Waals surface area contributed by atoms with Crippen molar-refractivity contribution in [3.05, 3.63) is 0 Å². The molecule has 30 valence electrons. The van der Waals surface area contributed by atoms with Gasteiger partial charge in [-0.3, -0.25) is 0 Å². The van der Waals surface area contributed by atoms with Crippen LogP contribution in [0.5, 0.6) is 0 Å². The van der Waals surface area contributed by atoms with Crippen LogP contribution in [0, 0.1) is 0 Å². The van der Waals surface area contributed by atoms with Crippen LogP contribution in [0.4, 0.5) is 0 Å². The zero-order valence-electron chi connectivity index (χ0n) is 1.13. The zero-order chi connectivity index (χ0) is 0. The molecule has 0 rings (SSSR count). The maximum Gasteiger partial charge on any atom is 0 e. The van der Waals surface area contributed by atoms with Gasteiger partial charge in [0, 0.05) is 54.9 Å². The summed E-state index contributed by atoms with van der Waals surface area (Å²) < 4.78 is 0. The van der Waals surface area contributed by atoms with Gasteiger partial charge in [0.2, 0.25) is 0 Å². The van der Waals surface area contributed by atoms with Crippen molar-refractivity contribution in [3.8, 4) is 0 Å². The monoisotopic (exact) mass is 240 g/mol. The minimum atomic E-state index is 0. The minimum absolute atomic E-state index is 0. The quantitative estimate of drug-likeness (QED) is 0.453. The standard InChI is InChI=1S/Cr.Mo.Ni.H4Si/h;;;1H4. The van der Waals surface area contributed by atoms with Crippen molar-refractivity contribution >= 4 is 11.0 Å². The third-order valence-electron chi connectivity index (χ3n) is 0. The fourth-order valence-corrected chi connectivity index (χ4v) is 0. The normalized spacial score (nSPS) is 0. The second-order valence-corrected chi connectivity index (χ2v) is 0. The van der Waals surface area contributed by atoms with Crippen molar-refractivity contribution in [2.45, 2.75) is 0 Å². The summed E-state index contributed by atoms with van der Waals surface area (Å²) in [7, 11) is 0. The molecule has 0 radical (unpaired) electrons. The Hall–Kier alpha value is 1.93. The van der Waals surface area contributed by atoms with Gasteiger partial charge in [0.1, 0.15) is 0 Å².